The maximum absolute atomic E-state index is 10.6. The normalized spacial score (nSPS) is 12.7. The summed E-state index contributed by atoms with van der Waals surface area (Å²) in [6, 6.07) is 0. The Balaban J connectivity index is 3.25. The summed E-state index contributed by atoms with van der Waals surface area (Å²) >= 11 is 0. The lowest BCUT2D eigenvalue weighted by atomic mass is 10.0. The summed E-state index contributed by atoms with van der Waals surface area (Å²) in [4.78, 5) is 20.9. The van der Waals surface area contributed by atoms with Gasteiger partial charge in [0.25, 0.3) is 0 Å². The first kappa shape index (κ1) is 17.9. The number of allylic oxidation sites excluding steroid dienone is 2. The molecule has 0 aromatic heterocycles. The Labute approximate surface area is 117 Å². The molecule has 0 aliphatic heterocycles. The van der Waals surface area contributed by atoms with Crippen LogP contribution in [0.25, 0.3) is 0 Å². The molecule has 0 spiro atoms. The molecule has 0 aliphatic rings. The minimum atomic E-state index is -0.691. The van der Waals surface area contributed by atoms with Gasteiger partial charge >= 0.3 is 5.97 Å². The van der Waals surface area contributed by atoms with Crippen LogP contribution in [-0.2, 0) is 9.59 Å². The van der Waals surface area contributed by atoms with Crippen molar-refractivity contribution in [3.63, 3.8) is 0 Å². The second-order valence-electron chi connectivity index (χ2n) is 5.05. The second-order valence-corrected chi connectivity index (χ2v) is 5.05. The molecule has 0 aromatic rings. The van der Waals surface area contributed by atoms with Crippen LogP contribution in [0.2, 0.25) is 0 Å². The molecule has 0 saturated carbocycles. The molecule has 0 aromatic carbocycles. The van der Waals surface area contributed by atoms with E-state index < -0.39 is 5.97 Å². The summed E-state index contributed by atoms with van der Waals surface area (Å²) < 4.78 is 0. The van der Waals surface area contributed by atoms with Crippen LogP contribution in [0.1, 0.15) is 71.1 Å². The molecule has 1 atom stereocenters. The average Bonchev–Trinajstić information content (AvgIpc) is 2.40. The minimum absolute atomic E-state index is 0.221. The monoisotopic (exact) mass is 268 g/mol. The smallest absolute Gasteiger partial charge is 0.303 e. The number of rotatable bonds is 13. The second kappa shape index (κ2) is 13.3. The van der Waals surface area contributed by atoms with Gasteiger partial charge in [-0.3, -0.25) is 4.79 Å². The van der Waals surface area contributed by atoms with Gasteiger partial charge in [0.2, 0.25) is 0 Å². The summed E-state index contributed by atoms with van der Waals surface area (Å²) in [5, 5.41) is 8.48. The average molecular weight is 268 g/mol. The van der Waals surface area contributed by atoms with Gasteiger partial charge in [0, 0.05) is 12.3 Å². The van der Waals surface area contributed by atoms with Gasteiger partial charge in [0.15, 0.2) is 0 Å². The summed E-state index contributed by atoms with van der Waals surface area (Å²) in [7, 11) is 0. The molecule has 1 N–H and O–H groups in total. The molecule has 3 nitrogen and oxygen atoms in total. The van der Waals surface area contributed by atoms with Gasteiger partial charge in [0.1, 0.15) is 6.29 Å². The van der Waals surface area contributed by atoms with Crippen LogP contribution < -0.4 is 0 Å². The first-order chi connectivity index (χ1) is 9.20. The minimum Gasteiger partial charge on any atom is -0.481 e. The Morgan fingerprint density at radius 2 is 1.68 bits per heavy atom. The summed E-state index contributed by atoms with van der Waals surface area (Å²) in [5.74, 6) is -0.470. The van der Waals surface area contributed by atoms with Crippen molar-refractivity contribution in [2.45, 2.75) is 71.1 Å². The van der Waals surface area contributed by atoms with E-state index in [1.54, 1.807) is 0 Å². The van der Waals surface area contributed by atoms with Crippen molar-refractivity contribution < 1.29 is 14.7 Å². The van der Waals surface area contributed by atoms with Crippen LogP contribution in [0.15, 0.2) is 12.2 Å². The zero-order valence-electron chi connectivity index (χ0n) is 12.1. The van der Waals surface area contributed by atoms with Crippen LogP contribution >= 0.6 is 0 Å². The summed E-state index contributed by atoms with van der Waals surface area (Å²) in [5.41, 5.74) is 0. The SMILES string of the molecule is CCC(C=O)CCC=CCCCCCCCC(=O)O. The van der Waals surface area contributed by atoms with E-state index in [0.717, 1.165) is 51.2 Å². The fourth-order valence-electron chi connectivity index (χ4n) is 1.98. The van der Waals surface area contributed by atoms with Crippen LogP contribution in [0, 0.1) is 5.92 Å². The summed E-state index contributed by atoms with van der Waals surface area (Å²) in [6.07, 6.45) is 15.0. The third kappa shape index (κ3) is 13.1. The Bertz CT molecular complexity index is 259. The van der Waals surface area contributed by atoms with Crippen LogP contribution in [-0.4, -0.2) is 17.4 Å². The number of carboxylic acids is 1. The lowest BCUT2D eigenvalue weighted by Gasteiger charge is -2.03. The van der Waals surface area contributed by atoms with Gasteiger partial charge in [-0.1, -0.05) is 38.3 Å². The van der Waals surface area contributed by atoms with E-state index in [4.69, 9.17) is 5.11 Å². The van der Waals surface area contributed by atoms with E-state index in [2.05, 4.69) is 12.2 Å². The number of carbonyl (C=O) groups excluding carboxylic acids is 1. The highest BCUT2D eigenvalue weighted by Gasteiger charge is 2.01. The maximum Gasteiger partial charge on any atom is 0.303 e. The van der Waals surface area contributed by atoms with Gasteiger partial charge in [0.05, 0.1) is 0 Å². The molecule has 110 valence electrons. The third-order valence-electron chi connectivity index (χ3n) is 3.35. The van der Waals surface area contributed by atoms with Gasteiger partial charge in [-0.25, -0.2) is 0 Å². The fourth-order valence-corrected chi connectivity index (χ4v) is 1.98. The molecule has 0 aliphatic carbocycles. The number of aldehydes is 1. The molecule has 0 fully saturated rings. The summed E-state index contributed by atoms with van der Waals surface area (Å²) in [6.45, 7) is 2.05. The zero-order valence-corrected chi connectivity index (χ0v) is 12.1. The molecule has 0 saturated heterocycles. The highest BCUT2D eigenvalue weighted by Crippen LogP contribution is 2.10. The van der Waals surface area contributed by atoms with E-state index in [9.17, 15) is 9.59 Å². The number of hydrogen-bond acceptors (Lipinski definition) is 2. The predicted octanol–water partition coefficient (Wildman–Crippen LogP) is 4.36. The van der Waals surface area contributed by atoms with Crippen LogP contribution in [0.4, 0.5) is 0 Å². The number of unbranched alkanes of at least 4 members (excludes halogenated alkanes) is 5. The standard InChI is InChI=1S/C16H28O3/c1-2-15(14-17)12-10-8-6-4-3-5-7-9-11-13-16(18)19/h6,8,14-15H,2-5,7,9-13H2,1H3,(H,18,19). The van der Waals surface area contributed by atoms with Crippen molar-refractivity contribution in [2.24, 2.45) is 5.92 Å². The largest absolute Gasteiger partial charge is 0.481 e. The molecule has 1 unspecified atom stereocenters. The molecule has 0 bridgehead atoms. The van der Waals surface area contributed by atoms with Crippen LogP contribution in [0.3, 0.4) is 0 Å². The fraction of sp³-hybridized carbons (Fsp3) is 0.750. The lowest BCUT2D eigenvalue weighted by molar-refractivity contribution is -0.137. The molecule has 0 rings (SSSR count). The van der Waals surface area contributed by atoms with Crippen molar-refractivity contribution >= 4 is 12.3 Å². The Morgan fingerprint density at radius 3 is 2.32 bits per heavy atom. The maximum atomic E-state index is 10.6. The van der Waals surface area contributed by atoms with E-state index in [-0.39, 0.29) is 5.92 Å². The van der Waals surface area contributed by atoms with Gasteiger partial charge in [-0.15, -0.1) is 0 Å². The molecule has 0 radical (unpaired) electrons. The highest BCUT2D eigenvalue weighted by atomic mass is 16.4. The first-order valence-corrected chi connectivity index (χ1v) is 7.52. The van der Waals surface area contributed by atoms with Crippen molar-refractivity contribution in [1.82, 2.24) is 0 Å². The molecule has 3 heteroatoms. The van der Waals surface area contributed by atoms with E-state index in [1.807, 2.05) is 6.92 Å². The quantitative estimate of drug-likeness (QED) is 0.307. The predicted molar refractivity (Wildman–Crippen MR) is 78.2 cm³/mol. The molecule has 0 amide bonds. The van der Waals surface area contributed by atoms with Crippen molar-refractivity contribution in [3.05, 3.63) is 12.2 Å². The van der Waals surface area contributed by atoms with E-state index in [1.165, 1.54) is 12.8 Å². The van der Waals surface area contributed by atoms with E-state index in [0.29, 0.717) is 6.42 Å². The zero-order chi connectivity index (χ0) is 14.3. The first-order valence-electron chi connectivity index (χ1n) is 7.52. The van der Waals surface area contributed by atoms with Crippen LogP contribution in [0.5, 0.6) is 0 Å². The van der Waals surface area contributed by atoms with Gasteiger partial charge in [-0.2, -0.15) is 0 Å². The Morgan fingerprint density at radius 1 is 1.05 bits per heavy atom. The third-order valence-corrected chi connectivity index (χ3v) is 3.35. The molecular formula is C16H28O3. The number of carboxylic acid groups (broad SMARTS) is 1. The van der Waals surface area contributed by atoms with Gasteiger partial charge in [-0.05, 0) is 38.5 Å². The van der Waals surface area contributed by atoms with E-state index >= 15 is 0 Å². The Kier molecular flexibility index (Phi) is 12.5. The van der Waals surface area contributed by atoms with Crippen molar-refractivity contribution in [2.75, 3.05) is 0 Å². The van der Waals surface area contributed by atoms with Crippen molar-refractivity contribution in [3.8, 4) is 0 Å². The Hall–Kier alpha value is -1.12. The number of aliphatic carboxylic acids is 1. The topological polar surface area (TPSA) is 54.4 Å². The molecular weight excluding hydrogens is 240 g/mol. The number of carbonyl (C=O) groups is 2. The van der Waals surface area contributed by atoms with Crippen molar-refractivity contribution in [1.29, 1.82) is 0 Å². The van der Waals surface area contributed by atoms with Gasteiger partial charge < -0.3 is 9.90 Å². The molecule has 19 heavy (non-hydrogen) atoms. The highest BCUT2D eigenvalue weighted by molar-refractivity contribution is 5.66. The lowest BCUT2D eigenvalue weighted by Crippen LogP contribution is -1.98. The number of hydrogen-bond donors (Lipinski definition) is 1. The molecule has 0 heterocycles.